The number of piperazine rings is 1. The molecule has 0 radical (unpaired) electrons. The predicted molar refractivity (Wildman–Crippen MR) is 114 cm³/mol. The first kappa shape index (κ1) is 19.4. The number of hydrogen-bond donors (Lipinski definition) is 2. The van der Waals surface area contributed by atoms with Crippen LogP contribution >= 0.6 is 0 Å². The molecule has 0 spiro atoms. The van der Waals surface area contributed by atoms with Crippen LogP contribution < -0.4 is 14.9 Å². The van der Waals surface area contributed by atoms with Crippen molar-refractivity contribution < 1.29 is 8.42 Å². The van der Waals surface area contributed by atoms with Gasteiger partial charge in [0.2, 0.25) is 0 Å². The molecule has 2 N–H and O–H groups in total. The summed E-state index contributed by atoms with van der Waals surface area (Å²) in [7, 11) is -1.92. The molecular weight excluding hydrogens is 388 g/mol. The van der Waals surface area contributed by atoms with Gasteiger partial charge in [0.15, 0.2) is 0 Å². The van der Waals surface area contributed by atoms with Gasteiger partial charge in [-0.05, 0) is 42.3 Å². The molecule has 0 unspecified atom stereocenters. The molecule has 9 heteroatoms. The molecular formula is C20H24N6O2S. The van der Waals surface area contributed by atoms with Crippen LogP contribution in [-0.2, 0) is 17.1 Å². The van der Waals surface area contributed by atoms with Crippen LogP contribution in [0, 0.1) is 6.92 Å². The Hall–Kier alpha value is -2.91. The number of aryl methyl sites for hydroxylation is 2. The van der Waals surface area contributed by atoms with Gasteiger partial charge in [-0.1, -0.05) is 12.1 Å². The molecule has 1 fully saturated rings. The predicted octanol–water partition coefficient (Wildman–Crippen LogP) is 2.00. The number of sulfonamides is 1. The molecule has 0 saturated carbocycles. The summed E-state index contributed by atoms with van der Waals surface area (Å²) < 4.78 is 29.6. The van der Waals surface area contributed by atoms with Crippen LogP contribution in [0.2, 0.25) is 0 Å². The number of anilines is 2. The van der Waals surface area contributed by atoms with E-state index in [1.807, 2.05) is 24.3 Å². The van der Waals surface area contributed by atoms with E-state index in [9.17, 15) is 8.42 Å². The third-order valence-electron chi connectivity index (χ3n) is 4.94. The van der Waals surface area contributed by atoms with Gasteiger partial charge < -0.3 is 10.2 Å². The summed E-state index contributed by atoms with van der Waals surface area (Å²) in [5, 5.41) is 7.50. The van der Waals surface area contributed by atoms with E-state index in [2.05, 4.69) is 25.0 Å². The second-order valence-electron chi connectivity index (χ2n) is 7.07. The Kier molecular flexibility index (Phi) is 5.25. The van der Waals surface area contributed by atoms with Crippen molar-refractivity contribution in [2.24, 2.45) is 7.05 Å². The summed E-state index contributed by atoms with van der Waals surface area (Å²) in [6, 6.07) is 10.9. The Morgan fingerprint density at radius 3 is 2.45 bits per heavy atom. The van der Waals surface area contributed by atoms with Crippen molar-refractivity contribution in [1.29, 1.82) is 0 Å². The molecule has 0 amide bonds. The summed E-state index contributed by atoms with van der Waals surface area (Å²) in [6.07, 6.45) is 3.44. The Balaban J connectivity index is 1.55. The van der Waals surface area contributed by atoms with Crippen LogP contribution in [0.3, 0.4) is 0 Å². The van der Waals surface area contributed by atoms with E-state index in [-0.39, 0.29) is 4.90 Å². The first-order valence-corrected chi connectivity index (χ1v) is 11.0. The van der Waals surface area contributed by atoms with E-state index < -0.39 is 10.0 Å². The maximum absolute atomic E-state index is 12.7. The standard InChI is InChI=1S/C20H24N6O2S/c1-15-19(14-25(2)23-15)24-29(27,28)18-5-3-16(4-6-18)17-7-8-22-20(13-17)26-11-9-21-10-12-26/h3-8,13-14,21,24H,9-12H2,1-2H3. The molecule has 8 nitrogen and oxygen atoms in total. The van der Waals surface area contributed by atoms with Gasteiger partial charge in [-0.25, -0.2) is 13.4 Å². The first-order valence-electron chi connectivity index (χ1n) is 9.47. The average molecular weight is 413 g/mol. The number of pyridine rings is 1. The zero-order valence-corrected chi connectivity index (χ0v) is 17.3. The van der Waals surface area contributed by atoms with E-state index >= 15 is 0 Å². The van der Waals surface area contributed by atoms with Gasteiger partial charge in [-0.3, -0.25) is 9.40 Å². The quantitative estimate of drug-likeness (QED) is 0.666. The SMILES string of the molecule is Cc1nn(C)cc1NS(=O)(=O)c1ccc(-c2ccnc(N3CCNCC3)c2)cc1. The van der Waals surface area contributed by atoms with Gasteiger partial charge >= 0.3 is 0 Å². The van der Waals surface area contributed by atoms with Crippen LogP contribution in [0.1, 0.15) is 5.69 Å². The molecule has 29 heavy (non-hydrogen) atoms. The molecule has 1 aliphatic heterocycles. The van der Waals surface area contributed by atoms with Crippen LogP contribution in [0.25, 0.3) is 11.1 Å². The fourth-order valence-electron chi connectivity index (χ4n) is 3.39. The number of rotatable bonds is 5. The monoisotopic (exact) mass is 412 g/mol. The highest BCUT2D eigenvalue weighted by molar-refractivity contribution is 7.92. The lowest BCUT2D eigenvalue weighted by Gasteiger charge is -2.28. The van der Waals surface area contributed by atoms with Gasteiger partial charge in [0.25, 0.3) is 10.0 Å². The summed E-state index contributed by atoms with van der Waals surface area (Å²) in [6.45, 7) is 5.50. The Morgan fingerprint density at radius 2 is 1.79 bits per heavy atom. The summed E-state index contributed by atoms with van der Waals surface area (Å²) in [4.78, 5) is 6.94. The van der Waals surface area contributed by atoms with E-state index in [0.717, 1.165) is 43.1 Å². The van der Waals surface area contributed by atoms with Crippen molar-refractivity contribution in [1.82, 2.24) is 20.1 Å². The normalized spacial score (nSPS) is 14.8. The topological polar surface area (TPSA) is 92.1 Å². The number of benzene rings is 1. The summed E-state index contributed by atoms with van der Waals surface area (Å²) >= 11 is 0. The zero-order chi connectivity index (χ0) is 20.4. The molecule has 3 heterocycles. The molecule has 0 aliphatic carbocycles. The van der Waals surface area contributed by atoms with Gasteiger partial charge in [0.1, 0.15) is 5.82 Å². The molecule has 0 bridgehead atoms. The number of hydrogen-bond acceptors (Lipinski definition) is 6. The van der Waals surface area contributed by atoms with E-state index in [1.54, 1.807) is 43.2 Å². The lowest BCUT2D eigenvalue weighted by Crippen LogP contribution is -2.43. The first-order chi connectivity index (χ1) is 13.9. The van der Waals surface area contributed by atoms with Crippen molar-refractivity contribution in [3.05, 3.63) is 54.5 Å². The molecule has 152 valence electrons. The number of nitrogens with one attached hydrogen (secondary N) is 2. The number of nitrogens with zero attached hydrogens (tertiary/aromatic N) is 4. The Morgan fingerprint density at radius 1 is 1.07 bits per heavy atom. The van der Waals surface area contributed by atoms with Gasteiger partial charge in [0.05, 0.1) is 16.3 Å². The zero-order valence-electron chi connectivity index (χ0n) is 16.5. The second-order valence-corrected chi connectivity index (χ2v) is 8.75. The summed E-state index contributed by atoms with van der Waals surface area (Å²) in [5.74, 6) is 0.939. The molecule has 4 rings (SSSR count). The molecule has 2 aromatic heterocycles. The number of aromatic nitrogens is 3. The van der Waals surface area contributed by atoms with Crippen LogP contribution in [0.5, 0.6) is 0 Å². The third-order valence-corrected chi connectivity index (χ3v) is 6.32. The molecule has 1 aromatic carbocycles. The molecule has 1 aliphatic rings. The maximum atomic E-state index is 12.7. The highest BCUT2D eigenvalue weighted by Crippen LogP contribution is 2.25. The molecule has 3 aromatic rings. The summed E-state index contributed by atoms with van der Waals surface area (Å²) in [5.41, 5.74) is 3.06. The Labute approximate surface area is 170 Å². The highest BCUT2D eigenvalue weighted by atomic mass is 32.2. The Bertz CT molecular complexity index is 1100. The van der Waals surface area contributed by atoms with Crippen molar-refractivity contribution in [3.63, 3.8) is 0 Å². The van der Waals surface area contributed by atoms with Crippen LogP contribution in [-0.4, -0.2) is 49.4 Å². The van der Waals surface area contributed by atoms with E-state index in [1.165, 1.54) is 0 Å². The van der Waals surface area contributed by atoms with E-state index in [4.69, 9.17) is 0 Å². The lowest BCUT2D eigenvalue weighted by molar-refractivity contribution is 0.585. The minimum Gasteiger partial charge on any atom is -0.354 e. The fraction of sp³-hybridized carbons (Fsp3) is 0.300. The second kappa shape index (κ2) is 7.84. The minimum absolute atomic E-state index is 0.209. The molecule has 1 saturated heterocycles. The van der Waals surface area contributed by atoms with Crippen LogP contribution in [0.15, 0.2) is 53.7 Å². The van der Waals surface area contributed by atoms with Crippen molar-refractivity contribution >= 4 is 21.5 Å². The van der Waals surface area contributed by atoms with E-state index in [0.29, 0.717) is 11.4 Å². The molecule has 0 atom stereocenters. The third kappa shape index (κ3) is 4.25. The highest BCUT2D eigenvalue weighted by Gasteiger charge is 2.17. The minimum atomic E-state index is -3.68. The van der Waals surface area contributed by atoms with Gasteiger partial charge in [-0.15, -0.1) is 0 Å². The van der Waals surface area contributed by atoms with Crippen molar-refractivity contribution in [3.8, 4) is 11.1 Å². The van der Waals surface area contributed by atoms with Gasteiger partial charge in [0, 0.05) is 45.6 Å². The maximum Gasteiger partial charge on any atom is 0.262 e. The van der Waals surface area contributed by atoms with Crippen molar-refractivity contribution in [2.45, 2.75) is 11.8 Å². The largest absolute Gasteiger partial charge is 0.354 e. The van der Waals surface area contributed by atoms with Crippen molar-refractivity contribution in [2.75, 3.05) is 35.8 Å². The van der Waals surface area contributed by atoms with Crippen LogP contribution in [0.4, 0.5) is 11.5 Å². The fourth-order valence-corrected chi connectivity index (χ4v) is 4.50. The smallest absolute Gasteiger partial charge is 0.262 e. The lowest BCUT2D eigenvalue weighted by atomic mass is 10.1. The average Bonchev–Trinajstić information content (AvgIpc) is 3.05. The van der Waals surface area contributed by atoms with Gasteiger partial charge in [-0.2, -0.15) is 5.10 Å².